The maximum Gasteiger partial charge on any atom is 0.311 e. The molecular weight excluding hydrogens is 412 g/mol. The second-order valence-corrected chi connectivity index (χ2v) is 8.51. The molecule has 1 aliphatic heterocycles. The van der Waals surface area contributed by atoms with E-state index in [-0.39, 0.29) is 23.9 Å². The number of esters is 1. The number of ether oxygens (including phenoxy) is 1. The Morgan fingerprint density at radius 3 is 2.06 bits per heavy atom. The summed E-state index contributed by atoms with van der Waals surface area (Å²) in [6.07, 6.45) is 0.449. The topological polar surface area (TPSA) is 58.6 Å². The van der Waals surface area contributed by atoms with Gasteiger partial charge in [0.05, 0.1) is 5.92 Å². The first-order chi connectivity index (χ1) is 16.1. The number of hydrogen-bond acceptors (Lipinski definition) is 5. The van der Waals surface area contributed by atoms with Crippen molar-refractivity contribution in [1.29, 1.82) is 0 Å². The second kappa shape index (κ2) is 11.0. The van der Waals surface area contributed by atoms with Crippen molar-refractivity contribution in [1.82, 2.24) is 10.2 Å². The van der Waals surface area contributed by atoms with Gasteiger partial charge in [0.1, 0.15) is 0 Å². The van der Waals surface area contributed by atoms with Gasteiger partial charge in [0.15, 0.2) is 12.0 Å². The molecule has 1 N–H and O–H groups in total. The van der Waals surface area contributed by atoms with Crippen LogP contribution in [0.25, 0.3) is 0 Å². The SMILES string of the molecule is C[C@H](OC(=O)C1CCNC1)N(Cc1ccccc1)Cc1ccc(C(=O)c2ccccc2)cc1. The number of carbonyl (C=O) groups excluding carboxylic acids is 2. The Labute approximate surface area is 195 Å². The molecule has 3 aromatic carbocycles. The maximum atomic E-state index is 12.7. The second-order valence-electron chi connectivity index (χ2n) is 8.51. The van der Waals surface area contributed by atoms with E-state index in [9.17, 15) is 9.59 Å². The van der Waals surface area contributed by atoms with E-state index < -0.39 is 0 Å². The number of nitrogens with one attached hydrogen (secondary N) is 1. The average Bonchev–Trinajstić information content (AvgIpc) is 3.40. The minimum Gasteiger partial charge on any atom is -0.446 e. The Morgan fingerprint density at radius 1 is 0.879 bits per heavy atom. The zero-order valence-corrected chi connectivity index (χ0v) is 18.9. The molecular formula is C28H30N2O3. The zero-order valence-electron chi connectivity index (χ0n) is 18.9. The zero-order chi connectivity index (χ0) is 23.0. The third-order valence-electron chi connectivity index (χ3n) is 6.06. The molecule has 5 nitrogen and oxygen atoms in total. The highest BCUT2D eigenvalue weighted by atomic mass is 16.6. The molecule has 2 atom stereocenters. The molecule has 33 heavy (non-hydrogen) atoms. The van der Waals surface area contributed by atoms with E-state index >= 15 is 0 Å². The highest BCUT2D eigenvalue weighted by Crippen LogP contribution is 2.18. The van der Waals surface area contributed by atoms with E-state index in [0.29, 0.717) is 30.8 Å². The van der Waals surface area contributed by atoms with Crippen LogP contribution in [0.1, 0.15) is 40.4 Å². The molecule has 3 aromatic rings. The molecule has 0 bridgehead atoms. The molecule has 5 heteroatoms. The third-order valence-corrected chi connectivity index (χ3v) is 6.06. The highest BCUT2D eigenvalue weighted by molar-refractivity contribution is 6.08. The number of nitrogens with zero attached hydrogens (tertiary/aromatic N) is 1. The largest absolute Gasteiger partial charge is 0.446 e. The van der Waals surface area contributed by atoms with Gasteiger partial charge in [-0.2, -0.15) is 0 Å². The van der Waals surface area contributed by atoms with Gasteiger partial charge in [-0.05, 0) is 31.0 Å². The molecule has 0 aromatic heterocycles. The van der Waals surface area contributed by atoms with Crippen molar-refractivity contribution in [3.63, 3.8) is 0 Å². The van der Waals surface area contributed by atoms with E-state index in [1.54, 1.807) is 0 Å². The molecule has 1 unspecified atom stereocenters. The van der Waals surface area contributed by atoms with Crippen LogP contribution in [0.4, 0.5) is 0 Å². The summed E-state index contributed by atoms with van der Waals surface area (Å²) >= 11 is 0. The molecule has 0 aliphatic carbocycles. The first kappa shape index (κ1) is 22.9. The van der Waals surface area contributed by atoms with Crippen molar-refractivity contribution in [3.8, 4) is 0 Å². The molecule has 1 fully saturated rings. The summed E-state index contributed by atoms with van der Waals surface area (Å²) < 4.78 is 5.85. The quantitative estimate of drug-likeness (QED) is 0.302. The van der Waals surface area contributed by atoms with Gasteiger partial charge >= 0.3 is 5.97 Å². The Hall–Kier alpha value is -3.28. The van der Waals surface area contributed by atoms with Gasteiger partial charge in [0.2, 0.25) is 0 Å². The first-order valence-corrected chi connectivity index (χ1v) is 11.5. The van der Waals surface area contributed by atoms with Crippen molar-refractivity contribution in [2.24, 2.45) is 5.92 Å². The van der Waals surface area contributed by atoms with Crippen molar-refractivity contribution in [2.45, 2.75) is 32.7 Å². The predicted molar refractivity (Wildman–Crippen MR) is 129 cm³/mol. The predicted octanol–water partition coefficient (Wildman–Crippen LogP) is 4.42. The smallest absolute Gasteiger partial charge is 0.311 e. The Bertz CT molecular complexity index is 1050. The summed E-state index contributed by atoms with van der Waals surface area (Å²) in [5.41, 5.74) is 3.55. The molecule has 0 spiro atoms. The van der Waals surface area contributed by atoms with Crippen LogP contribution >= 0.6 is 0 Å². The lowest BCUT2D eigenvalue weighted by molar-refractivity contribution is -0.163. The van der Waals surface area contributed by atoms with E-state index in [1.165, 1.54) is 0 Å². The Balaban J connectivity index is 1.47. The first-order valence-electron chi connectivity index (χ1n) is 11.5. The van der Waals surface area contributed by atoms with Crippen LogP contribution in [0.3, 0.4) is 0 Å². The summed E-state index contributed by atoms with van der Waals surface area (Å²) in [6.45, 7) is 4.72. The molecule has 0 amide bonds. The minimum absolute atomic E-state index is 0.00997. The third kappa shape index (κ3) is 6.15. The van der Waals surface area contributed by atoms with Gasteiger partial charge in [-0.25, -0.2) is 0 Å². The fourth-order valence-corrected chi connectivity index (χ4v) is 4.08. The monoisotopic (exact) mass is 442 g/mol. The van der Waals surface area contributed by atoms with Crippen molar-refractivity contribution in [3.05, 3.63) is 107 Å². The number of benzene rings is 3. The van der Waals surface area contributed by atoms with E-state index in [1.807, 2.05) is 79.7 Å². The van der Waals surface area contributed by atoms with Crippen LogP contribution < -0.4 is 5.32 Å². The van der Waals surface area contributed by atoms with Crippen LogP contribution in [0, 0.1) is 5.92 Å². The average molecular weight is 443 g/mol. The van der Waals surface area contributed by atoms with E-state index in [2.05, 4.69) is 22.3 Å². The Morgan fingerprint density at radius 2 is 1.45 bits per heavy atom. The van der Waals surface area contributed by atoms with Gasteiger partial charge < -0.3 is 10.1 Å². The van der Waals surface area contributed by atoms with E-state index in [4.69, 9.17) is 4.74 Å². The molecule has 1 saturated heterocycles. The lowest BCUT2D eigenvalue weighted by atomic mass is 10.0. The fraction of sp³-hybridized carbons (Fsp3) is 0.286. The number of carbonyl (C=O) groups is 2. The van der Waals surface area contributed by atoms with Crippen molar-refractivity contribution < 1.29 is 14.3 Å². The number of rotatable bonds is 9. The van der Waals surface area contributed by atoms with Gasteiger partial charge in [-0.3, -0.25) is 14.5 Å². The molecule has 0 saturated carbocycles. The number of hydrogen-bond donors (Lipinski definition) is 1. The minimum atomic E-state index is -0.371. The normalized spacial score (nSPS) is 16.5. The van der Waals surface area contributed by atoms with Crippen LogP contribution in [0.15, 0.2) is 84.9 Å². The number of ketones is 1. The van der Waals surface area contributed by atoms with Crippen molar-refractivity contribution >= 4 is 11.8 Å². The molecule has 170 valence electrons. The highest BCUT2D eigenvalue weighted by Gasteiger charge is 2.27. The van der Waals surface area contributed by atoms with Gasteiger partial charge in [-0.1, -0.05) is 84.9 Å². The van der Waals surface area contributed by atoms with E-state index in [0.717, 1.165) is 24.1 Å². The van der Waals surface area contributed by atoms with Gasteiger partial charge in [0.25, 0.3) is 0 Å². The molecule has 0 radical (unpaired) electrons. The molecule has 1 aliphatic rings. The van der Waals surface area contributed by atoms with Crippen molar-refractivity contribution in [2.75, 3.05) is 13.1 Å². The van der Waals surface area contributed by atoms with Crippen LogP contribution in [0.5, 0.6) is 0 Å². The summed E-state index contributed by atoms with van der Waals surface area (Å²) in [6, 6.07) is 27.1. The Kier molecular flexibility index (Phi) is 7.66. The van der Waals surface area contributed by atoms with Gasteiger partial charge in [-0.15, -0.1) is 0 Å². The fourth-order valence-electron chi connectivity index (χ4n) is 4.08. The standard InChI is InChI=1S/C28H30N2O3/c1-21(33-28(32)26-16-17-29-18-26)30(19-22-8-4-2-5-9-22)20-23-12-14-25(15-13-23)27(31)24-10-6-3-7-11-24/h2-15,21,26,29H,16-20H2,1H3/t21-,26?/m0/s1. The molecule has 1 heterocycles. The van der Waals surface area contributed by atoms with Crippen LogP contribution in [-0.4, -0.2) is 36.0 Å². The summed E-state index contributed by atoms with van der Waals surface area (Å²) in [4.78, 5) is 27.4. The van der Waals surface area contributed by atoms with Gasteiger partial charge in [0, 0.05) is 30.8 Å². The molecule has 4 rings (SSSR count). The maximum absolute atomic E-state index is 12.7. The summed E-state index contributed by atoms with van der Waals surface area (Å²) in [5.74, 6) is -0.209. The summed E-state index contributed by atoms with van der Waals surface area (Å²) in [5, 5.41) is 3.22. The van der Waals surface area contributed by atoms with Crippen LogP contribution in [0.2, 0.25) is 0 Å². The van der Waals surface area contributed by atoms with Crippen LogP contribution in [-0.2, 0) is 22.6 Å². The lowest BCUT2D eigenvalue weighted by Crippen LogP contribution is -2.37. The summed E-state index contributed by atoms with van der Waals surface area (Å²) in [7, 11) is 0. The lowest BCUT2D eigenvalue weighted by Gasteiger charge is -2.29.